The second kappa shape index (κ2) is 7.59. The van der Waals surface area contributed by atoms with Gasteiger partial charge in [0.15, 0.2) is 9.84 Å². The molecule has 23 heavy (non-hydrogen) atoms. The standard InChI is InChI=1S/C17H21NO4S/c1-3-15(18-19)12-23(20,21)17-10-6-14(7-11-17)13-4-8-16(22-2)9-5-13/h4-11,15,18-19H,3,12H2,1-2H3. The van der Waals surface area contributed by atoms with E-state index < -0.39 is 15.9 Å². The Morgan fingerprint density at radius 2 is 1.57 bits per heavy atom. The molecule has 6 heteroatoms. The average Bonchev–Trinajstić information content (AvgIpc) is 2.60. The van der Waals surface area contributed by atoms with Crippen molar-refractivity contribution in [1.82, 2.24) is 5.48 Å². The molecule has 124 valence electrons. The van der Waals surface area contributed by atoms with Gasteiger partial charge in [-0.25, -0.2) is 13.9 Å². The summed E-state index contributed by atoms with van der Waals surface area (Å²) in [6.07, 6.45) is 0.527. The van der Waals surface area contributed by atoms with E-state index in [1.165, 1.54) is 0 Å². The van der Waals surface area contributed by atoms with E-state index in [4.69, 9.17) is 9.94 Å². The van der Waals surface area contributed by atoms with Gasteiger partial charge in [0.25, 0.3) is 0 Å². The SMILES string of the molecule is CCC(CS(=O)(=O)c1ccc(-c2ccc(OC)cc2)cc1)NO. The zero-order valence-electron chi connectivity index (χ0n) is 13.2. The van der Waals surface area contributed by atoms with Crippen molar-refractivity contribution in [3.8, 4) is 16.9 Å². The predicted molar refractivity (Wildman–Crippen MR) is 89.5 cm³/mol. The molecule has 2 aromatic rings. The van der Waals surface area contributed by atoms with E-state index in [2.05, 4.69) is 0 Å². The molecule has 2 rings (SSSR count). The molecule has 0 heterocycles. The molecule has 0 aliphatic rings. The summed E-state index contributed by atoms with van der Waals surface area (Å²) in [5.41, 5.74) is 3.95. The number of hydrogen-bond donors (Lipinski definition) is 2. The van der Waals surface area contributed by atoms with Crippen molar-refractivity contribution in [1.29, 1.82) is 0 Å². The van der Waals surface area contributed by atoms with Crippen LogP contribution >= 0.6 is 0 Å². The topological polar surface area (TPSA) is 75.6 Å². The molecule has 2 N–H and O–H groups in total. The van der Waals surface area contributed by atoms with E-state index in [9.17, 15) is 8.42 Å². The van der Waals surface area contributed by atoms with Crippen molar-refractivity contribution >= 4 is 9.84 Å². The third-order valence-electron chi connectivity index (χ3n) is 3.73. The van der Waals surface area contributed by atoms with Crippen LogP contribution in [0.1, 0.15) is 13.3 Å². The highest BCUT2D eigenvalue weighted by molar-refractivity contribution is 7.91. The molecule has 0 fully saturated rings. The fraction of sp³-hybridized carbons (Fsp3) is 0.294. The lowest BCUT2D eigenvalue weighted by Gasteiger charge is -2.13. The highest BCUT2D eigenvalue weighted by Crippen LogP contribution is 2.24. The Bertz CT molecular complexity index is 720. The number of nitrogens with one attached hydrogen (secondary N) is 1. The number of hydrogen-bond acceptors (Lipinski definition) is 5. The van der Waals surface area contributed by atoms with Crippen molar-refractivity contribution in [2.75, 3.05) is 12.9 Å². The molecule has 0 aromatic heterocycles. The second-order valence-corrected chi connectivity index (χ2v) is 7.30. The van der Waals surface area contributed by atoms with Crippen molar-refractivity contribution in [3.05, 3.63) is 48.5 Å². The minimum absolute atomic E-state index is 0.137. The van der Waals surface area contributed by atoms with Crippen LogP contribution in [0, 0.1) is 0 Å². The molecule has 0 saturated heterocycles. The second-order valence-electron chi connectivity index (χ2n) is 5.27. The predicted octanol–water partition coefficient (Wildman–Crippen LogP) is 2.89. The summed E-state index contributed by atoms with van der Waals surface area (Å²) in [4.78, 5) is 0.253. The number of sulfone groups is 1. The Morgan fingerprint density at radius 1 is 1.04 bits per heavy atom. The smallest absolute Gasteiger partial charge is 0.179 e. The molecule has 0 radical (unpaired) electrons. The highest BCUT2D eigenvalue weighted by atomic mass is 32.2. The molecule has 0 amide bonds. The van der Waals surface area contributed by atoms with Gasteiger partial charge in [0.1, 0.15) is 5.75 Å². The number of ether oxygens (including phenoxy) is 1. The van der Waals surface area contributed by atoms with Crippen molar-refractivity contribution in [3.63, 3.8) is 0 Å². The molecule has 0 aliphatic carbocycles. The summed E-state index contributed by atoms with van der Waals surface area (Å²) in [5.74, 6) is 0.636. The molecule has 0 bridgehead atoms. The van der Waals surface area contributed by atoms with Crippen molar-refractivity contribution in [2.45, 2.75) is 24.3 Å². The van der Waals surface area contributed by atoms with E-state index in [0.29, 0.717) is 6.42 Å². The molecule has 5 nitrogen and oxygen atoms in total. The van der Waals surface area contributed by atoms with E-state index in [-0.39, 0.29) is 10.6 Å². The number of hydroxylamine groups is 1. The Hall–Kier alpha value is -1.89. The fourth-order valence-electron chi connectivity index (χ4n) is 2.25. The highest BCUT2D eigenvalue weighted by Gasteiger charge is 2.19. The summed E-state index contributed by atoms with van der Waals surface area (Å²) < 4.78 is 29.8. The van der Waals surface area contributed by atoms with Crippen molar-refractivity contribution < 1.29 is 18.4 Å². The Labute approximate surface area is 136 Å². The third kappa shape index (κ3) is 4.31. The summed E-state index contributed by atoms with van der Waals surface area (Å²) in [7, 11) is -1.83. The van der Waals surface area contributed by atoms with E-state index in [1.807, 2.05) is 36.7 Å². The Morgan fingerprint density at radius 3 is 2.00 bits per heavy atom. The van der Waals surface area contributed by atoms with Gasteiger partial charge < -0.3 is 9.94 Å². The van der Waals surface area contributed by atoms with Crippen LogP contribution in [0.15, 0.2) is 53.4 Å². The molecule has 2 aromatic carbocycles. The molecule has 1 unspecified atom stereocenters. The maximum atomic E-state index is 12.3. The molecule has 1 atom stereocenters. The van der Waals surface area contributed by atoms with Gasteiger partial charge in [-0.1, -0.05) is 31.2 Å². The summed E-state index contributed by atoms with van der Waals surface area (Å²) >= 11 is 0. The van der Waals surface area contributed by atoms with Gasteiger partial charge in [0.2, 0.25) is 0 Å². The van der Waals surface area contributed by atoms with Gasteiger partial charge in [-0.05, 0) is 41.8 Å². The van der Waals surface area contributed by atoms with E-state index in [0.717, 1.165) is 16.9 Å². The normalized spacial score (nSPS) is 12.8. The summed E-state index contributed by atoms with van der Waals surface area (Å²) in [6, 6.07) is 13.8. The van der Waals surface area contributed by atoms with Crippen molar-refractivity contribution in [2.24, 2.45) is 0 Å². The Balaban J connectivity index is 2.21. The zero-order valence-corrected chi connectivity index (χ0v) is 14.0. The van der Waals surface area contributed by atoms with Crippen LogP contribution in [0.5, 0.6) is 5.75 Å². The van der Waals surface area contributed by atoms with Gasteiger partial charge in [-0.3, -0.25) is 0 Å². The van der Waals surface area contributed by atoms with Gasteiger partial charge in [-0.2, -0.15) is 0 Å². The van der Waals surface area contributed by atoms with Gasteiger partial charge in [0.05, 0.1) is 17.8 Å². The number of benzene rings is 2. The lowest BCUT2D eigenvalue weighted by atomic mass is 10.1. The van der Waals surface area contributed by atoms with Gasteiger partial charge >= 0.3 is 0 Å². The van der Waals surface area contributed by atoms with Gasteiger partial charge in [0, 0.05) is 6.04 Å². The van der Waals surface area contributed by atoms with Crippen LogP contribution in [0.25, 0.3) is 11.1 Å². The van der Waals surface area contributed by atoms with Crippen LogP contribution < -0.4 is 10.2 Å². The quantitative estimate of drug-likeness (QED) is 0.761. The van der Waals surface area contributed by atoms with E-state index in [1.54, 1.807) is 31.4 Å². The zero-order chi connectivity index (χ0) is 16.9. The van der Waals surface area contributed by atoms with Crippen LogP contribution in [-0.4, -0.2) is 32.5 Å². The first-order valence-corrected chi connectivity index (χ1v) is 9.02. The van der Waals surface area contributed by atoms with Crippen LogP contribution in [0.3, 0.4) is 0 Å². The molecule has 0 spiro atoms. The lowest BCUT2D eigenvalue weighted by Crippen LogP contribution is -2.32. The minimum atomic E-state index is -3.44. The minimum Gasteiger partial charge on any atom is -0.497 e. The maximum absolute atomic E-state index is 12.3. The maximum Gasteiger partial charge on any atom is 0.179 e. The largest absolute Gasteiger partial charge is 0.497 e. The summed E-state index contributed by atoms with van der Waals surface area (Å²) in [6.45, 7) is 1.82. The first-order valence-electron chi connectivity index (χ1n) is 7.37. The van der Waals surface area contributed by atoms with Crippen LogP contribution in [-0.2, 0) is 9.84 Å². The first-order chi connectivity index (χ1) is 11.0. The molecular weight excluding hydrogens is 314 g/mol. The lowest BCUT2D eigenvalue weighted by molar-refractivity contribution is 0.132. The fourth-order valence-corrected chi connectivity index (χ4v) is 3.83. The average molecular weight is 335 g/mol. The van der Waals surface area contributed by atoms with Gasteiger partial charge in [-0.15, -0.1) is 0 Å². The molecule has 0 aliphatic heterocycles. The number of rotatable bonds is 7. The molecular formula is C17H21NO4S. The third-order valence-corrected chi connectivity index (χ3v) is 5.56. The summed E-state index contributed by atoms with van der Waals surface area (Å²) in [5, 5.41) is 8.95. The van der Waals surface area contributed by atoms with Crippen LogP contribution in [0.2, 0.25) is 0 Å². The first kappa shape index (κ1) is 17.5. The van der Waals surface area contributed by atoms with E-state index >= 15 is 0 Å². The van der Waals surface area contributed by atoms with Crippen LogP contribution in [0.4, 0.5) is 0 Å². The molecule has 0 saturated carbocycles. The monoisotopic (exact) mass is 335 g/mol. The Kier molecular flexibility index (Phi) is 5.76. The number of methoxy groups -OCH3 is 1.